The Morgan fingerprint density at radius 1 is 1.06 bits per heavy atom. The number of fused-ring (bicyclic) bond motifs is 1. The third kappa shape index (κ3) is 4.43. The van der Waals surface area contributed by atoms with Gasteiger partial charge in [0.05, 0.1) is 6.54 Å². The van der Waals surface area contributed by atoms with Gasteiger partial charge in [0.15, 0.2) is 17.3 Å². The molecule has 8 heteroatoms. The molecule has 0 bridgehead atoms. The van der Waals surface area contributed by atoms with Crippen LogP contribution < -0.4 is 9.47 Å². The first-order valence-corrected chi connectivity index (χ1v) is 10.8. The van der Waals surface area contributed by atoms with Crippen LogP contribution in [0.5, 0.6) is 11.5 Å². The minimum atomic E-state index is 0.00326. The molecule has 0 N–H and O–H groups in total. The van der Waals surface area contributed by atoms with Gasteiger partial charge in [0.1, 0.15) is 13.2 Å². The van der Waals surface area contributed by atoms with Gasteiger partial charge in [-0.1, -0.05) is 28.9 Å². The SMILES string of the molecule is O=C(c1ccc2c(c1)OCCO2)C1CCN(Cc2nc(-c3cccc(Cl)c3)no2)CC1. The van der Waals surface area contributed by atoms with Gasteiger partial charge in [0.2, 0.25) is 11.7 Å². The van der Waals surface area contributed by atoms with Crippen molar-refractivity contribution in [1.82, 2.24) is 15.0 Å². The van der Waals surface area contributed by atoms with Crippen molar-refractivity contribution in [3.05, 3.63) is 58.9 Å². The number of ketones is 1. The molecular weight excluding hydrogens is 418 g/mol. The van der Waals surface area contributed by atoms with Crippen molar-refractivity contribution >= 4 is 17.4 Å². The van der Waals surface area contributed by atoms with Crippen LogP contribution in [0.3, 0.4) is 0 Å². The molecule has 3 aromatic rings. The van der Waals surface area contributed by atoms with Crippen LogP contribution in [-0.2, 0) is 6.54 Å². The lowest BCUT2D eigenvalue weighted by atomic mass is 9.88. The van der Waals surface area contributed by atoms with Gasteiger partial charge in [-0.2, -0.15) is 4.98 Å². The summed E-state index contributed by atoms with van der Waals surface area (Å²) < 4.78 is 16.6. The zero-order valence-corrected chi connectivity index (χ0v) is 17.7. The summed E-state index contributed by atoms with van der Waals surface area (Å²) in [7, 11) is 0. The average molecular weight is 440 g/mol. The lowest BCUT2D eigenvalue weighted by Gasteiger charge is -2.30. The summed E-state index contributed by atoms with van der Waals surface area (Å²) in [6.45, 7) is 3.22. The van der Waals surface area contributed by atoms with Crippen LogP contribution in [0, 0.1) is 5.92 Å². The van der Waals surface area contributed by atoms with Gasteiger partial charge in [-0.05, 0) is 56.3 Å². The monoisotopic (exact) mass is 439 g/mol. The number of ether oxygens (including phenoxy) is 2. The number of aromatic nitrogens is 2. The topological polar surface area (TPSA) is 77.7 Å². The number of halogens is 1. The zero-order chi connectivity index (χ0) is 21.2. The van der Waals surface area contributed by atoms with Crippen LogP contribution in [0.1, 0.15) is 29.1 Å². The smallest absolute Gasteiger partial charge is 0.241 e. The molecule has 7 nitrogen and oxygen atoms in total. The van der Waals surface area contributed by atoms with Crippen molar-refractivity contribution in [2.45, 2.75) is 19.4 Å². The molecule has 31 heavy (non-hydrogen) atoms. The van der Waals surface area contributed by atoms with Gasteiger partial charge >= 0.3 is 0 Å². The molecule has 0 atom stereocenters. The minimum absolute atomic E-state index is 0.00326. The Bertz CT molecular complexity index is 1090. The van der Waals surface area contributed by atoms with Gasteiger partial charge in [0.25, 0.3) is 0 Å². The van der Waals surface area contributed by atoms with E-state index in [4.69, 9.17) is 25.6 Å². The summed E-state index contributed by atoms with van der Waals surface area (Å²) in [5.74, 6) is 2.62. The van der Waals surface area contributed by atoms with Gasteiger partial charge in [0, 0.05) is 22.1 Å². The standard InChI is InChI=1S/C23H22ClN3O4/c24-18-3-1-2-17(12-18)23-25-21(31-26-23)14-27-8-6-15(7-9-27)22(28)16-4-5-19-20(13-16)30-11-10-29-19/h1-5,12-13,15H,6-11,14H2. The van der Waals surface area contributed by atoms with Crippen LogP contribution in [-0.4, -0.2) is 47.1 Å². The summed E-state index contributed by atoms with van der Waals surface area (Å²) in [4.78, 5) is 19.7. The molecule has 5 rings (SSSR count). The lowest BCUT2D eigenvalue weighted by molar-refractivity contribution is 0.0824. The molecular formula is C23H22ClN3O4. The van der Waals surface area contributed by atoms with E-state index >= 15 is 0 Å². The number of hydrogen-bond donors (Lipinski definition) is 0. The fourth-order valence-electron chi connectivity index (χ4n) is 4.04. The quantitative estimate of drug-likeness (QED) is 0.550. The summed E-state index contributed by atoms with van der Waals surface area (Å²) in [6, 6.07) is 12.8. The van der Waals surface area contributed by atoms with Crippen molar-refractivity contribution < 1.29 is 18.8 Å². The average Bonchev–Trinajstić information content (AvgIpc) is 3.27. The van der Waals surface area contributed by atoms with Gasteiger partial charge in [-0.25, -0.2) is 0 Å². The second-order valence-electron chi connectivity index (χ2n) is 7.80. The molecule has 0 saturated carbocycles. The molecule has 2 aliphatic rings. The van der Waals surface area contributed by atoms with Crippen molar-refractivity contribution in [3.8, 4) is 22.9 Å². The highest BCUT2D eigenvalue weighted by molar-refractivity contribution is 6.30. The Morgan fingerprint density at radius 2 is 1.87 bits per heavy atom. The van der Waals surface area contributed by atoms with Gasteiger partial charge in [-0.3, -0.25) is 9.69 Å². The number of carbonyl (C=O) groups excluding carboxylic acids is 1. The molecule has 2 aromatic carbocycles. The van der Waals surface area contributed by atoms with E-state index in [0.717, 1.165) is 31.5 Å². The third-order valence-electron chi connectivity index (χ3n) is 5.69. The Labute approximate surface area is 184 Å². The summed E-state index contributed by atoms with van der Waals surface area (Å²) >= 11 is 6.04. The highest BCUT2D eigenvalue weighted by Gasteiger charge is 2.27. The molecule has 0 spiro atoms. The van der Waals surface area contributed by atoms with Crippen molar-refractivity contribution in [2.24, 2.45) is 5.92 Å². The second kappa shape index (κ2) is 8.69. The second-order valence-corrected chi connectivity index (χ2v) is 8.23. The molecule has 1 aromatic heterocycles. The Balaban J connectivity index is 1.18. The number of carbonyl (C=O) groups is 1. The molecule has 0 radical (unpaired) electrons. The highest BCUT2D eigenvalue weighted by atomic mass is 35.5. The van der Waals surface area contributed by atoms with Crippen LogP contribution in [0.25, 0.3) is 11.4 Å². The maximum absolute atomic E-state index is 13.0. The first kappa shape index (κ1) is 20.0. The summed E-state index contributed by atoms with van der Waals surface area (Å²) in [5, 5.41) is 4.70. The van der Waals surface area contributed by atoms with E-state index in [-0.39, 0.29) is 11.7 Å². The fourth-order valence-corrected chi connectivity index (χ4v) is 4.23. The van der Waals surface area contributed by atoms with Crippen LogP contribution in [0.15, 0.2) is 47.0 Å². The predicted molar refractivity (Wildman–Crippen MR) is 115 cm³/mol. The molecule has 160 valence electrons. The summed E-state index contributed by atoms with van der Waals surface area (Å²) in [5.41, 5.74) is 1.51. The zero-order valence-electron chi connectivity index (χ0n) is 16.9. The van der Waals surface area contributed by atoms with Gasteiger partial charge < -0.3 is 14.0 Å². The van der Waals surface area contributed by atoms with Crippen molar-refractivity contribution in [1.29, 1.82) is 0 Å². The number of likely N-dealkylation sites (tertiary alicyclic amines) is 1. The first-order chi connectivity index (χ1) is 15.2. The van der Waals surface area contributed by atoms with E-state index in [1.165, 1.54) is 0 Å². The molecule has 3 heterocycles. The van der Waals surface area contributed by atoms with Crippen molar-refractivity contribution in [3.63, 3.8) is 0 Å². The molecule has 1 fully saturated rings. The van der Waals surface area contributed by atoms with Crippen LogP contribution in [0.4, 0.5) is 0 Å². The molecule has 1 saturated heterocycles. The predicted octanol–water partition coefficient (Wildman–Crippen LogP) is 4.26. The maximum Gasteiger partial charge on any atom is 0.241 e. The van der Waals surface area contributed by atoms with Crippen LogP contribution >= 0.6 is 11.6 Å². The number of Topliss-reactive ketones (excluding diaryl/α,β-unsaturated/α-hetero) is 1. The van der Waals surface area contributed by atoms with Crippen molar-refractivity contribution in [2.75, 3.05) is 26.3 Å². The lowest BCUT2D eigenvalue weighted by Crippen LogP contribution is -2.36. The Morgan fingerprint density at radius 3 is 2.68 bits per heavy atom. The van der Waals surface area contributed by atoms with E-state index < -0.39 is 0 Å². The molecule has 0 amide bonds. The largest absolute Gasteiger partial charge is 0.486 e. The van der Waals surface area contributed by atoms with E-state index in [2.05, 4.69) is 15.0 Å². The van der Waals surface area contributed by atoms with Crippen LogP contribution in [0.2, 0.25) is 5.02 Å². The third-order valence-corrected chi connectivity index (χ3v) is 5.93. The van der Waals surface area contributed by atoms with E-state index in [1.54, 1.807) is 6.07 Å². The molecule has 0 aliphatic carbocycles. The number of benzene rings is 2. The van der Waals surface area contributed by atoms with E-state index in [0.29, 0.717) is 53.6 Å². The minimum Gasteiger partial charge on any atom is -0.486 e. The number of piperidine rings is 1. The summed E-state index contributed by atoms with van der Waals surface area (Å²) in [6.07, 6.45) is 1.59. The Hall–Kier alpha value is -2.90. The highest BCUT2D eigenvalue weighted by Crippen LogP contribution is 2.32. The molecule has 2 aliphatic heterocycles. The number of rotatable bonds is 5. The molecule has 0 unspecified atom stereocenters. The Kier molecular flexibility index (Phi) is 5.61. The maximum atomic E-state index is 13.0. The van der Waals surface area contributed by atoms with E-state index in [1.807, 2.05) is 36.4 Å². The fraction of sp³-hybridized carbons (Fsp3) is 0.348. The first-order valence-electron chi connectivity index (χ1n) is 10.4. The van der Waals surface area contributed by atoms with Gasteiger partial charge in [-0.15, -0.1) is 0 Å². The number of hydrogen-bond acceptors (Lipinski definition) is 7. The normalized spacial score (nSPS) is 16.9. The number of nitrogens with zero attached hydrogens (tertiary/aromatic N) is 3. The van der Waals surface area contributed by atoms with E-state index in [9.17, 15) is 4.79 Å².